The predicted octanol–water partition coefficient (Wildman–Crippen LogP) is 4.01. The molecule has 0 nitrogen and oxygen atoms in total. The molecule has 0 bridgehead atoms. The van der Waals surface area contributed by atoms with Gasteiger partial charge >= 0.3 is 0 Å². The molecule has 0 aromatic rings. The van der Waals surface area contributed by atoms with Crippen molar-refractivity contribution < 1.29 is 0 Å². The summed E-state index contributed by atoms with van der Waals surface area (Å²) in [7, 11) is 0. The molecule has 0 aromatic heterocycles. The van der Waals surface area contributed by atoms with Gasteiger partial charge in [-0.3, -0.25) is 0 Å². The topological polar surface area (TPSA) is 0 Å². The van der Waals surface area contributed by atoms with Crippen LogP contribution in [0.15, 0.2) is 35.5 Å². The summed E-state index contributed by atoms with van der Waals surface area (Å²) < 4.78 is 0. The highest BCUT2D eigenvalue weighted by Gasteiger charge is 2.07. The summed E-state index contributed by atoms with van der Waals surface area (Å²) >= 11 is 0. The van der Waals surface area contributed by atoms with E-state index in [0.717, 1.165) is 0 Å². The van der Waals surface area contributed by atoms with Gasteiger partial charge in [-0.2, -0.15) is 0 Å². The monoisotopic (exact) mass is 162 g/mol. The average Bonchev–Trinajstić information content (AvgIpc) is 2.35. The highest BCUT2D eigenvalue weighted by atomic mass is 14.1. The molecule has 0 heteroatoms. The molecule has 0 saturated carbocycles. The van der Waals surface area contributed by atoms with Crippen molar-refractivity contribution in [3.63, 3.8) is 0 Å². The lowest BCUT2D eigenvalue weighted by molar-refractivity contribution is 0.716. The molecule has 0 aromatic carbocycles. The van der Waals surface area contributed by atoms with Gasteiger partial charge in [0, 0.05) is 0 Å². The van der Waals surface area contributed by atoms with E-state index in [2.05, 4.69) is 32.6 Å². The van der Waals surface area contributed by atoms with Crippen molar-refractivity contribution >= 4 is 0 Å². The lowest BCUT2D eigenvalue weighted by atomic mass is 10.0. The molecule has 0 aliphatic heterocycles. The van der Waals surface area contributed by atoms with Crippen LogP contribution in [0.2, 0.25) is 0 Å². The molecule has 1 aliphatic rings. The molecule has 1 rings (SSSR count). The Morgan fingerprint density at radius 1 is 1.25 bits per heavy atom. The first-order chi connectivity index (χ1) is 5.75. The van der Waals surface area contributed by atoms with Crippen LogP contribution in [0.25, 0.3) is 0 Å². The summed E-state index contributed by atoms with van der Waals surface area (Å²) in [5.74, 6) is 0. The summed E-state index contributed by atoms with van der Waals surface area (Å²) in [6.07, 6.45) is 9.45. The minimum absolute atomic E-state index is 1.21. The van der Waals surface area contributed by atoms with Crippen LogP contribution in [-0.4, -0.2) is 0 Å². The van der Waals surface area contributed by atoms with Gasteiger partial charge in [-0.25, -0.2) is 0 Å². The molecule has 0 atom stereocenters. The maximum absolute atomic E-state index is 4.02. The van der Waals surface area contributed by atoms with Crippen LogP contribution < -0.4 is 0 Å². The molecule has 0 spiro atoms. The number of hydrogen-bond donors (Lipinski definition) is 0. The van der Waals surface area contributed by atoms with E-state index in [1.807, 2.05) is 0 Å². The van der Waals surface area contributed by atoms with Crippen molar-refractivity contribution in [1.29, 1.82) is 0 Å². The molecule has 1 aliphatic carbocycles. The molecule has 0 radical (unpaired) electrons. The van der Waals surface area contributed by atoms with Crippen LogP contribution in [0, 0.1) is 0 Å². The molecule has 12 heavy (non-hydrogen) atoms. The van der Waals surface area contributed by atoms with Crippen LogP contribution in [0.5, 0.6) is 0 Å². The van der Waals surface area contributed by atoms with Gasteiger partial charge in [0.05, 0.1) is 0 Å². The van der Waals surface area contributed by atoms with Crippen LogP contribution in [0.3, 0.4) is 0 Å². The quantitative estimate of drug-likeness (QED) is 0.548. The van der Waals surface area contributed by atoms with E-state index in [0.29, 0.717) is 0 Å². The van der Waals surface area contributed by atoms with E-state index in [1.165, 1.54) is 42.4 Å². The molecule has 0 fully saturated rings. The van der Waals surface area contributed by atoms with Crippen molar-refractivity contribution in [2.24, 2.45) is 0 Å². The summed E-state index contributed by atoms with van der Waals surface area (Å²) in [5, 5.41) is 0. The van der Waals surface area contributed by atoms with Crippen molar-refractivity contribution in [3.05, 3.63) is 35.5 Å². The van der Waals surface area contributed by atoms with Crippen molar-refractivity contribution in [3.8, 4) is 0 Å². The Balaban J connectivity index is 2.42. The largest absolute Gasteiger partial charge is 0.0915 e. The van der Waals surface area contributed by atoms with Gasteiger partial charge in [0.15, 0.2) is 0 Å². The Hall–Kier alpha value is -0.780. The fourth-order valence-corrected chi connectivity index (χ4v) is 1.59. The number of rotatable bonds is 4. The first-order valence-corrected chi connectivity index (χ1v) is 4.82. The lowest BCUT2D eigenvalue weighted by Crippen LogP contribution is -1.85. The van der Waals surface area contributed by atoms with Crippen LogP contribution in [0.4, 0.5) is 0 Å². The smallest absolute Gasteiger partial charge is 0.0271 e. The fourth-order valence-electron chi connectivity index (χ4n) is 1.59. The Morgan fingerprint density at radius 2 is 2.00 bits per heavy atom. The van der Waals surface area contributed by atoms with E-state index < -0.39 is 0 Å². The molecule has 0 saturated heterocycles. The first-order valence-electron chi connectivity index (χ1n) is 4.82. The second kappa shape index (κ2) is 4.30. The van der Waals surface area contributed by atoms with Crippen molar-refractivity contribution in [2.75, 3.05) is 0 Å². The maximum Gasteiger partial charge on any atom is -0.0271 e. The van der Waals surface area contributed by atoms with E-state index >= 15 is 0 Å². The normalized spacial score (nSPS) is 16.3. The minimum Gasteiger partial charge on any atom is -0.0915 e. The fraction of sp³-hybridized carbons (Fsp3) is 0.500. The number of allylic oxidation sites excluding steroid dienone is 5. The minimum atomic E-state index is 1.21. The van der Waals surface area contributed by atoms with E-state index in [-0.39, 0.29) is 0 Å². The molecule has 66 valence electrons. The zero-order valence-corrected chi connectivity index (χ0v) is 8.19. The van der Waals surface area contributed by atoms with E-state index in [4.69, 9.17) is 0 Å². The Kier molecular flexibility index (Phi) is 3.33. The molecule has 0 unspecified atom stereocenters. The standard InChI is InChI=1S/C12H18/c1-4-5-6-7-12-10(2)8-9-11(12)3/h8-9H,2,4-7H2,1,3H3. The van der Waals surface area contributed by atoms with Crippen molar-refractivity contribution in [1.82, 2.24) is 0 Å². The third-order valence-corrected chi connectivity index (χ3v) is 2.43. The van der Waals surface area contributed by atoms with Gasteiger partial charge < -0.3 is 0 Å². The predicted molar refractivity (Wildman–Crippen MR) is 55.1 cm³/mol. The SMILES string of the molecule is C=C1C=CC(C)=C1CCCCC. The van der Waals surface area contributed by atoms with Gasteiger partial charge in [0.25, 0.3) is 0 Å². The third kappa shape index (κ3) is 2.10. The van der Waals surface area contributed by atoms with E-state index in [9.17, 15) is 0 Å². The average molecular weight is 162 g/mol. The second-order valence-electron chi connectivity index (χ2n) is 3.48. The summed E-state index contributed by atoms with van der Waals surface area (Å²) in [6.45, 7) is 8.44. The van der Waals surface area contributed by atoms with Crippen LogP contribution >= 0.6 is 0 Å². The van der Waals surface area contributed by atoms with Gasteiger partial charge in [-0.05, 0) is 36.5 Å². The summed E-state index contributed by atoms with van der Waals surface area (Å²) in [5.41, 5.74) is 4.11. The van der Waals surface area contributed by atoms with Gasteiger partial charge in [-0.15, -0.1) is 0 Å². The molecule has 0 N–H and O–H groups in total. The zero-order chi connectivity index (χ0) is 8.97. The second-order valence-corrected chi connectivity index (χ2v) is 3.48. The Labute approximate surface area is 75.7 Å². The molecule has 0 heterocycles. The summed E-state index contributed by atoms with van der Waals surface area (Å²) in [6, 6.07) is 0. The van der Waals surface area contributed by atoms with Gasteiger partial charge in [0.2, 0.25) is 0 Å². The van der Waals surface area contributed by atoms with Crippen LogP contribution in [-0.2, 0) is 0 Å². The van der Waals surface area contributed by atoms with Gasteiger partial charge in [-0.1, -0.05) is 38.5 Å². The zero-order valence-electron chi connectivity index (χ0n) is 8.19. The van der Waals surface area contributed by atoms with E-state index in [1.54, 1.807) is 0 Å². The number of hydrogen-bond acceptors (Lipinski definition) is 0. The van der Waals surface area contributed by atoms with Crippen molar-refractivity contribution in [2.45, 2.75) is 39.5 Å². The highest BCUT2D eigenvalue weighted by molar-refractivity contribution is 5.51. The third-order valence-electron chi connectivity index (χ3n) is 2.43. The maximum atomic E-state index is 4.02. The van der Waals surface area contributed by atoms with Crippen LogP contribution in [0.1, 0.15) is 39.5 Å². The molecule has 0 amide bonds. The highest BCUT2D eigenvalue weighted by Crippen LogP contribution is 2.27. The number of unbranched alkanes of at least 4 members (excludes halogenated alkanes) is 2. The first kappa shape index (κ1) is 9.31. The van der Waals surface area contributed by atoms with Gasteiger partial charge in [0.1, 0.15) is 0 Å². The Morgan fingerprint density at radius 3 is 2.50 bits per heavy atom. The lowest BCUT2D eigenvalue weighted by Gasteiger charge is -2.04. The summed E-state index contributed by atoms with van der Waals surface area (Å²) in [4.78, 5) is 0. The molecular formula is C12H18. The Bertz CT molecular complexity index is 228. The molecular weight excluding hydrogens is 144 g/mol.